The number of aliphatic hydroxyl groups is 1. The average molecular weight is 828 g/mol. The van der Waals surface area contributed by atoms with Gasteiger partial charge in [0.25, 0.3) is 0 Å². The smallest absolute Gasteiger partial charge is 0.387 e. The van der Waals surface area contributed by atoms with Gasteiger partial charge in [-0.1, -0.05) is 199 Å². The molecule has 0 aromatic heterocycles. The van der Waals surface area contributed by atoms with Crippen molar-refractivity contribution in [3.63, 3.8) is 0 Å². The molecule has 0 rings (SSSR count). The number of quaternary nitrogens is 1. The third kappa shape index (κ3) is 42.9. The number of carbonyl (C=O) groups excluding carboxylic acids is 1. The zero-order valence-corrected chi connectivity index (χ0v) is 39.2. The quantitative estimate of drug-likeness (QED) is 0.0244. The van der Waals surface area contributed by atoms with E-state index >= 15 is 0 Å². The second kappa shape index (κ2) is 40.4. The SMILES string of the molecule is CCCCCCCC/C=C/CCCCCCCCCCCC(=O)N[C@@H](COP(=O)(O)OCC[N+](C)(C)C)[C@H](O)/C=C/CCCCCCCCCCCCCCCC. The topological polar surface area (TPSA) is 105 Å². The summed E-state index contributed by atoms with van der Waals surface area (Å²) >= 11 is 0. The van der Waals surface area contributed by atoms with Crippen LogP contribution in [0.25, 0.3) is 0 Å². The van der Waals surface area contributed by atoms with Gasteiger partial charge < -0.3 is 19.8 Å². The van der Waals surface area contributed by atoms with Crippen molar-refractivity contribution < 1.29 is 32.9 Å². The summed E-state index contributed by atoms with van der Waals surface area (Å²) in [4.78, 5) is 23.2. The Balaban J connectivity index is 4.35. The standard InChI is InChI=1S/C48H95N2O6P/c1-6-8-10-12-14-16-18-20-22-24-25-26-28-30-32-34-36-38-40-42-48(52)49-46(45-56-57(53,54)55-44-43-50(3,4)5)47(51)41-39-37-35-33-31-29-27-23-21-19-17-15-13-11-9-7-2/h20,22,39,41,46-47,51H,6-19,21,23-38,40,42-45H2,1-5H3,(H-,49,52,53,54)/p+1/b22-20+,41-39+/t46-,47+/m0/s1. The molecular formula is C48H96N2O6P+. The Morgan fingerprint density at radius 3 is 1.35 bits per heavy atom. The molecule has 57 heavy (non-hydrogen) atoms. The Morgan fingerprint density at radius 1 is 0.579 bits per heavy atom. The van der Waals surface area contributed by atoms with Crippen LogP contribution in [0, 0.1) is 0 Å². The van der Waals surface area contributed by atoms with E-state index in [1.807, 2.05) is 27.2 Å². The highest BCUT2D eigenvalue weighted by Gasteiger charge is 2.27. The Hall–Kier alpha value is -1.02. The molecule has 0 heterocycles. The molecule has 1 unspecified atom stereocenters. The molecule has 0 saturated carbocycles. The van der Waals surface area contributed by atoms with Crippen molar-refractivity contribution in [3.8, 4) is 0 Å². The summed E-state index contributed by atoms with van der Waals surface area (Å²) in [6.45, 7) is 4.82. The Kier molecular flexibility index (Phi) is 39.7. The number of phosphoric ester groups is 1. The number of hydrogen-bond acceptors (Lipinski definition) is 5. The first-order valence-electron chi connectivity index (χ1n) is 24.2. The number of amides is 1. The van der Waals surface area contributed by atoms with Gasteiger partial charge in [0, 0.05) is 6.42 Å². The van der Waals surface area contributed by atoms with Crippen molar-refractivity contribution in [1.82, 2.24) is 5.32 Å². The summed E-state index contributed by atoms with van der Waals surface area (Å²) in [5, 5.41) is 13.9. The number of allylic oxidation sites excluding steroid dienone is 3. The summed E-state index contributed by atoms with van der Waals surface area (Å²) in [6, 6.07) is -0.844. The van der Waals surface area contributed by atoms with E-state index in [0.29, 0.717) is 17.4 Å². The van der Waals surface area contributed by atoms with Gasteiger partial charge in [-0.3, -0.25) is 13.8 Å². The van der Waals surface area contributed by atoms with E-state index in [9.17, 15) is 19.4 Å². The predicted molar refractivity (Wildman–Crippen MR) is 245 cm³/mol. The molecule has 0 spiro atoms. The van der Waals surface area contributed by atoms with E-state index in [-0.39, 0.29) is 19.1 Å². The molecule has 0 aliphatic heterocycles. The summed E-state index contributed by atoms with van der Waals surface area (Å²) in [5.74, 6) is -0.178. The highest BCUT2D eigenvalue weighted by molar-refractivity contribution is 7.47. The number of phosphoric acid groups is 1. The molecule has 0 bridgehead atoms. The fraction of sp³-hybridized carbons (Fsp3) is 0.896. The molecular weight excluding hydrogens is 732 g/mol. The zero-order valence-electron chi connectivity index (χ0n) is 38.3. The summed E-state index contributed by atoms with van der Waals surface area (Å²) in [5.41, 5.74) is 0. The molecule has 0 aromatic rings. The van der Waals surface area contributed by atoms with Crippen LogP contribution in [0.1, 0.15) is 226 Å². The first-order valence-corrected chi connectivity index (χ1v) is 25.7. The lowest BCUT2D eigenvalue weighted by Crippen LogP contribution is -2.45. The number of rotatable bonds is 44. The number of aliphatic hydroxyl groups excluding tert-OH is 1. The average Bonchev–Trinajstić information content (AvgIpc) is 3.16. The number of likely N-dealkylation sites (N-methyl/N-ethyl adjacent to an activating group) is 1. The van der Waals surface area contributed by atoms with Gasteiger partial charge in [-0.2, -0.15) is 0 Å². The van der Waals surface area contributed by atoms with Gasteiger partial charge in [-0.05, 0) is 44.9 Å². The second-order valence-electron chi connectivity index (χ2n) is 17.8. The number of nitrogens with one attached hydrogen (secondary N) is 1. The van der Waals surface area contributed by atoms with Crippen molar-refractivity contribution in [2.75, 3.05) is 40.9 Å². The second-order valence-corrected chi connectivity index (χ2v) is 19.3. The Labute approximate surface area is 354 Å². The van der Waals surface area contributed by atoms with E-state index in [2.05, 4.69) is 31.3 Å². The van der Waals surface area contributed by atoms with Crippen LogP contribution < -0.4 is 5.32 Å². The maximum Gasteiger partial charge on any atom is 0.472 e. The molecule has 3 atom stereocenters. The van der Waals surface area contributed by atoms with E-state index in [4.69, 9.17) is 9.05 Å². The van der Waals surface area contributed by atoms with Gasteiger partial charge in [0.2, 0.25) is 5.91 Å². The molecule has 0 aromatic carbocycles. The fourth-order valence-corrected chi connectivity index (χ4v) is 7.77. The van der Waals surface area contributed by atoms with Crippen LogP contribution in [0.2, 0.25) is 0 Å². The third-order valence-electron chi connectivity index (χ3n) is 10.9. The van der Waals surface area contributed by atoms with Crippen molar-refractivity contribution >= 4 is 13.7 Å². The van der Waals surface area contributed by atoms with Gasteiger partial charge in [0.1, 0.15) is 13.2 Å². The van der Waals surface area contributed by atoms with Crippen LogP contribution in [-0.4, -0.2) is 73.4 Å². The van der Waals surface area contributed by atoms with Crippen LogP contribution in [0.15, 0.2) is 24.3 Å². The van der Waals surface area contributed by atoms with Crippen molar-refractivity contribution in [1.29, 1.82) is 0 Å². The predicted octanol–water partition coefficient (Wildman–Crippen LogP) is 13.7. The summed E-state index contributed by atoms with van der Waals surface area (Å²) in [6.07, 6.45) is 48.1. The Bertz CT molecular complexity index is 984. The first-order chi connectivity index (χ1) is 27.5. The van der Waals surface area contributed by atoms with Crippen LogP contribution in [0.3, 0.4) is 0 Å². The molecule has 8 nitrogen and oxygen atoms in total. The van der Waals surface area contributed by atoms with E-state index in [0.717, 1.165) is 38.5 Å². The monoisotopic (exact) mass is 828 g/mol. The largest absolute Gasteiger partial charge is 0.472 e. The zero-order chi connectivity index (χ0) is 42.1. The molecule has 0 aliphatic rings. The van der Waals surface area contributed by atoms with E-state index < -0.39 is 20.0 Å². The number of carbonyl (C=O) groups is 1. The summed E-state index contributed by atoms with van der Waals surface area (Å²) in [7, 11) is 1.58. The maximum atomic E-state index is 12.9. The lowest BCUT2D eigenvalue weighted by molar-refractivity contribution is -0.870. The maximum absolute atomic E-state index is 12.9. The minimum absolute atomic E-state index is 0.0625. The van der Waals surface area contributed by atoms with Crippen molar-refractivity contribution in [2.24, 2.45) is 0 Å². The van der Waals surface area contributed by atoms with Gasteiger partial charge in [-0.15, -0.1) is 0 Å². The van der Waals surface area contributed by atoms with Crippen LogP contribution in [0.5, 0.6) is 0 Å². The van der Waals surface area contributed by atoms with E-state index in [1.165, 1.54) is 167 Å². The van der Waals surface area contributed by atoms with Gasteiger partial charge in [0.15, 0.2) is 0 Å². The van der Waals surface area contributed by atoms with Crippen LogP contribution >= 0.6 is 7.82 Å². The molecule has 1 amide bonds. The highest BCUT2D eigenvalue weighted by atomic mass is 31.2. The van der Waals surface area contributed by atoms with Crippen LogP contribution in [-0.2, 0) is 18.4 Å². The molecule has 0 saturated heterocycles. The van der Waals surface area contributed by atoms with Gasteiger partial charge >= 0.3 is 7.82 Å². The molecule has 338 valence electrons. The van der Waals surface area contributed by atoms with Crippen LogP contribution in [0.4, 0.5) is 0 Å². The Morgan fingerprint density at radius 2 is 0.947 bits per heavy atom. The normalized spacial score (nSPS) is 14.4. The van der Waals surface area contributed by atoms with Crippen molar-refractivity contribution in [2.45, 2.75) is 238 Å². The summed E-state index contributed by atoms with van der Waals surface area (Å²) < 4.78 is 23.6. The number of unbranched alkanes of at least 4 members (excludes halogenated alkanes) is 29. The lowest BCUT2D eigenvalue weighted by atomic mass is 10.0. The fourth-order valence-electron chi connectivity index (χ4n) is 7.04. The van der Waals surface area contributed by atoms with E-state index in [1.54, 1.807) is 6.08 Å². The molecule has 0 radical (unpaired) electrons. The number of hydrogen-bond donors (Lipinski definition) is 3. The molecule has 0 fully saturated rings. The van der Waals surface area contributed by atoms with Crippen molar-refractivity contribution in [3.05, 3.63) is 24.3 Å². The third-order valence-corrected chi connectivity index (χ3v) is 11.9. The number of nitrogens with zero attached hydrogens (tertiary/aromatic N) is 1. The lowest BCUT2D eigenvalue weighted by Gasteiger charge is -2.25. The minimum atomic E-state index is -4.34. The van der Waals surface area contributed by atoms with Gasteiger partial charge in [0.05, 0.1) is 39.9 Å². The highest BCUT2D eigenvalue weighted by Crippen LogP contribution is 2.43. The van der Waals surface area contributed by atoms with Gasteiger partial charge in [-0.25, -0.2) is 4.57 Å². The molecule has 0 aliphatic carbocycles. The first kappa shape index (κ1) is 56.0. The minimum Gasteiger partial charge on any atom is -0.387 e. The molecule has 9 heteroatoms. The molecule has 3 N–H and O–H groups in total.